The van der Waals surface area contributed by atoms with Gasteiger partial charge in [0.25, 0.3) is 5.69 Å². The molecule has 8 nitrogen and oxygen atoms in total. The molecule has 0 saturated carbocycles. The van der Waals surface area contributed by atoms with Crippen LogP contribution in [0.1, 0.15) is 20.8 Å². The number of nitro groups is 1. The maximum absolute atomic E-state index is 12.0. The second-order valence-corrected chi connectivity index (χ2v) is 6.09. The molecule has 0 saturated heterocycles. The number of hydrogen-bond acceptors (Lipinski definition) is 5. The van der Waals surface area contributed by atoms with E-state index in [1.54, 1.807) is 0 Å². The highest BCUT2D eigenvalue weighted by Gasteiger charge is 2.19. The lowest BCUT2D eigenvalue weighted by Crippen LogP contribution is -2.38. The van der Waals surface area contributed by atoms with Crippen LogP contribution in [0.4, 0.5) is 11.4 Å². The van der Waals surface area contributed by atoms with Gasteiger partial charge in [0.2, 0.25) is 0 Å². The molecule has 0 aliphatic heterocycles. The number of nitrogens with zero attached hydrogens (tertiary/aromatic N) is 2. The number of nitrogens with two attached hydrogens (primary N) is 1. The van der Waals surface area contributed by atoms with Gasteiger partial charge < -0.3 is 15.3 Å². The average molecular weight is 292 g/mol. The lowest BCUT2D eigenvalue weighted by molar-refractivity contribution is -0.383. The van der Waals surface area contributed by atoms with Crippen molar-refractivity contribution in [3.63, 3.8) is 0 Å². The molecule has 8 heteroatoms. The maximum atomic E-state index is 12.0. The number of nitro benzene ring substituents is 1. The van der Waals surface area contributed by atoms with E-state index >= 15 is 0 Å². The molecule has 0 unspecified atom stereocenters. The Balaban J connectivity index is 2.87. The molecule has 0 fully saturated rings. The van der Waals surface area contributed by atoms with Gasteiger partial charge in [-0.15, -0.1) is 0 Å². The zero-order valence-electron chi connectivity index (χ0n) is 12.0. The smallest absolute Gasteiger partial charge is 0.316 e. The Morgan fingerprint density at radius 3 is 2.48 bits per heavy atom. The molecule has 3 N–H and O–H groups in total. The fourth-order valence-corrected chi connectivity index (χ4v) is 2.11. The van der Waals surface area contributed by atoms with Gasteiger partial charge in [-0.2, -0.15) is 0 Å². The maximum Gasteiger partial charge on any atom is 0.316 e. The minimum atomic E-state index is -0.814. The second kappa shape index (κ2) is 4.72. The predicted octanol–water partition coefficient (Wildman–Crippen LogP) is 1.23. The van der Waals surface area contributed by atoms with E-state index in [1.165, 1.54) is 16.7 Å². The van der Waals surface area contributed by atoms with Crippen LogP contribution in [0.25, 0.3) is 11.0 Å². The SMILES string of the molecule is CC(C)(C)Cn1c(=O)c(=O)[nH]c2cc([N+](=O)[O-])c(N)cc21. The largest absolute Gasteiger partial charge is 0.393 e. The van der Waals surface area contributed by atoms with Crippen molar-refractivity contribution in [1.82, 2.24) is 9.55 Å². The van der Waals surface area contributed by atoms with E-state index in [2.05, 4.69) is 4.98 Å². The normalized spacial score (nSPS) is 11.8. The Bertz CT molecular complexity index is 842. The quantitative estimate of drug-likeness (QED) is 0.373. The molecule has 0 aliphatic rings. The first-order valence-corrected chi connectivity index (χ1v) is 6.31. The highest BCUT2D eigenvalue weighted by Crippen LogP contribution is 2.26. The van der Waals surface area contributed by atoms with E-state index in [0.717, 1.165) is 0 Å². The Hall–Kier alpha value is -2.64. The van der Waals surface area contributed by atoms with Crippen molar-refractivity contribution in [2.45, 2.75) is 27.3 Å². The minimum Gasteiger partial charge on any atom is -0.393 e. The fraction of sp³-hybridized carbons (Fsp3) is 0.385. The summed E-state index contributed by atoms with van der Waals surface area (Å²) in [6.07, 6.45) is 0. The molecule has 0 aliphatic carbocycles. The third kappa shape index (κ3) is 2.78. The first-order valence-electron chi connectivity index (χ1n) is 6.31. The highest BCUT2D eigenvalue weighted by atomic mass is 16.6. The average Bonchev–Trinajstić information content (AvgIpc) is 2.34. The Kier molecular flexibility index (Phi) is 3.32. The molecule has 0 radical (unpaired) electrons. The van der Waals surface area contributed by atoms with E-state index in [1.807, 2.05) is 20.8 Å². The second-order valence-electron chi connectivity index (χ2n) is 6.09. The Morgan fingerprint density at radius 1 is 1.33 bits per heavy atom. The van der Waals surface area contributed by atoms with Crippen molar-refractivity contribution in [3.8, 4) is 0 Å². The molecule has 1 aromatic carbocycles. The molecule has 1 aromatic heterocycles. The molecule has 21 heavy (non-hydrogen) atoms. The van der Waals surface area contributed by atoms with Crippen molar-refractivity contribution in [2.75, 3.05) is 5.73 Å². The summed E-state index contributed by atoms with van der Waals surface area (Å²) in [5.74, 6) is 0. The van der Waals surface area contributed by atoms with Crippen LogP contribution >= 0.6 is 0 Å². The van der Waals surface area contributed by atoms with Crippen LogP contribution in [0.2, 0.25) is 0 Å². The van der Waals surface area contributed by atoms with Gasteiger partial charge in [-0.25, -0.2) is 0 Å². The van der Waals surface area contributed by atoms with E-state index in [0.29, 0.717) is 12.1 Å². The standard InChI is InChI=1S/C13H16N4O4/c1-13(2,3)6-16-10-4-7(14)9(17(20)21)5-8(10)15-11(18)12(16)19/h4-5H,6,14H2,1-3H3,(H,15,18). The third-order valence-corrected chi connectivity index (χ3v) is 2.95. The van der Waals surface area contributed by atoms with Gasteiger partial charge in [-0.3, -0.25) is 19.7 Å². The number of hydrogen-bond donors (Lipinski definition) is 2. The molecule has 0 amide bonds. The zero-order valence-corrected chi connectivity index (χ0v) is 12.0. The van der Waals surface area contributed by atoms with E-state index in [-0.39, 0.29) is 22.3 Å². The van der Waals surface area contributed by atoms with E-state index < -0.39 is 16.0 Å². The summed E-state index contributed by atoms with van der Waals surface area (Å²) in [6, 6.07) is 2.52. The number of rotatable bonds is 2. The summed E-state index contributed by atoms with van der Waals surface area (Å²) in [7, 11) is 0. The molecule has 0 bridgehead atoms. The summed E-state index contributed by atoms with van der Waals surface area (Å²) in [6.45, 7) is 6.05. The van der Waals surface area contributed by atoms with Crippen LogP contribution in [0, 0.1) is 15.5 Å². The number of aromatic amines is 1. The third-order valence-electron chi connectivity index (χ3n) is 2.95. The fourth-order valence-electron chi connectivity index (χ4n) is 2.11. The summed E-state index contributed by atoms with van der Waals surface area (Å²) >= 11 is 0. The molecule has 1 heterocycles. The number of nitrogens with one attached hydrogen (secondary N) is 1. The van der Waals surface area contributed by atoms with Gasteiger partial charge in [0.15, 0.2) is 0 Å². The first-order chi connectivity index (χ1) is 9.60. The number of anilines is 1. The van der Waals surface area contributed by atoms with E-state index in [9.17, 15) is 19.7 Å². The van der Waals surface area contributed by atoms with Crippen molar-refractivity contribution in [3.05, 3.63) is 43.0 Å². The molecule has 2 aromatic rings. The van der Waals surface area contributed by atoms with Gasteiger partial charge in [-0.1, -0.05) is 20.8 Å². The number of aromatic nitrogens is 2. The molecule has 2 rings (SSSR count). The summed E-state index contributed by atoms with van der Waals surface area (Å²) in [4.78, 5) is 36.4. The summed E-state index contributed by atoms with van der Waals surface area (Å²) < 4.78 is 1.30. The summed E-state index contributed by atoms with van der Waals surface area (Å²) in [5, 5.41) is 10.9. The number of H-pyrrole nitrogens is 1. The van der Waals surface area contributed by atoms with Crippen molar-refractivity contribution >= 4 is 22.4 Å². The Morgan fingerprint density at radius 2 is 1.95 bits per heavy atom. The Labute approximate surface area is 119 Å². The molecular weight excluding hydrogens is 276 g/mol. The minimum absolute atomic E-state index is 0.0541. The first kappa shape index (κ1) is 14.8. The van der Waals surface area contributed by atoms with Gasteiger partial charge >= 0.3 is 11.1 Å². The van der Waals surface area contributed by atoms with Crippen LogP contribution in [0.15, 0.2) is 21.7 Å². The number of nitrogen functional groups attached to an aromatic ring is 1. The monoisotopic (exact) mass is 292 g/mol. The molecule has 112 valence electrons. The van der Waals surface area contributed by atoms with Gasteiger partial charge in [0.05, 0.1) is 16.0 Å². The van der Waals surface area contributed by atoms with Gasteiger partial charge in [0, 0.05) is 12.6 Å². The lowest BCUT2D eigenvalue weighted by Gasteiger charge is -2.21. The topological polar surface area (TPSA) is 124 Å². The van der Waals surface area contributed by atoms with Crippen molar-refractivity contribution < 1.29 is 4.92 Å². The molecular formula is C13H16N4O4. The molecule has 0 spiro atoms. The van der Waals surface area contributed by atoms with Crippen molar-refractivity contribution in [1.29, 1.82) is 0 Å². The van der Waals surface area contributed by atoms with Gasteiger partial charge in [-0.05, 0) is 11.5 Å². The zero-order chi connectivity index (χ0) is 15.9. The highest BCUT2D eigenvalue weighted by molar-refractivity contribution is 5.83. The lowest BCUT2D eigenvalue weighted by atomic mass is 9.96. The van der Waals surface area contributed by atoms with Crippen LogP contribution in [-0.4, -0.2) is 14.5 Å². The van der Waals surface area contributed by atoms with Crippen LogP contribution in [0.3, 0.4) is 0 Å². The number of benzene rings is 1. The van der Waals surface area contributed by atoms with E-state index in [4.69, 9.17) is 5.73 Å². The number of fused-ring (bicyclic) bond motifs is 1. The van der Waals surface area contributed by atoms with Crippen LogP contribution in [-0.2, 0) is 6.54 Å². The predicted molar refractivity (Wildman–Crippen MR) is 79.4 cm³/mol. The van der Waals surface area contributed by atoms with Gasteiger partial charge in [0.1, 0.15) is 5.69 Å². The summed E-state index contributed by atoms with van der Waals surface area (Å²) in [5.41, 5.74) is 4.12. The van der Waals surface area contributed by atoms with Crippen molar-refractivity contribution in [2.24, 2.45) is 5.41 Å². The van der Waals surface area contributed by atoms with Crippen LogP contribution in [0.5, 0.6) is 0 Å². The van der Waals surface area contributed by atoms with Crippen LogP contribution < -0.4 is 16.9 Å². The molecule has 0 atom stereocenters.